The maximum atomic E-state index is 9.24. The summed E-state index contributed by atoms with van der Waals surface area (Å²) in [5.41, 5.74) is 0.0336. The number of nitrogens with one attached hydrogen (secondary N) is 2. The number of ether oxygens (including phenoxy) is 1. The minimum atomic E-state index is 0. The van der Waals surface area contributed by atoms with Gasteiger partial charge in [-0.1, -0.05) is 0 Å². The smallest absolute Gasteiger partial charge is 0.191 e. The highest BCUT2D eigenvalue weighted by Gasteiger charge is 2.34. The van der Waals surface area contributed by atoms with Crippen LogP contribution >= 0.6 is 35.3 Å². The summed E-state index contributed by atoms with van der Waals surface area (Å²) >= 11 is 1.79. The first-order valence-electron chi connectivity index (χ1n) is 7.36. The van der Waals surface area contributed by atoms with E-state index in [2.05, 4.69) is 34.7 Å². The Labute approximate surface area is 153 Å². The SMILES string of the molecule is CN=C(NCc1ccc(C)s1)NCC1(CCO)CCOC1.I. The van der Waals surface area contributed by atoms with Gasteiger partial charge >= 0.3 is 0 Å². The number of aryl methyl sites for hydroxylation is 1. The van der Waals surface area contributed by atoms with Crippen molar-refractivity contribution in [2.75, 3.05) is 33.4 Å². The van der Waals surface area contributed by atoms with Gasteiger partial charge in [-0.25, -0.2) is 0 Å². The highest BCUT2D eigenvalue weighted by atomic mass is 127. The van der Waals surface area contributed by atoms with Crippen molar-refractivity contribution in [3.63, 3.8) is 0 Å². The molecule has 2 rings (SSSR count). The van der Waals surface area contributed by atoms with Crippen molar-refractivity contribution >= 4 is 41.3 Å². The van der Waals surface area contributed by atoms with E-state index in [1.165, 1.54) is 9.75 Å². The highest BCUT2D eigenvalue weighted by molar-refractivity contribution is 14.0. The summed E-state index contributed by atoms with van der Waals surface area (Å²) in [6, 6.07) is 4.27. The molecule has 2 heterocycles. The minimum Gasteiger partial charge on any atom is -0.396 e. The molecule has 0 aliphatic carbocycles. The Bertz CT molecular complexity index is 473. The first kappa shape index (κ1) is 19.7. The van der Waals surface area contributed by atoms with E-state index in [0.717, 1.165) is 38.5 Å². The first-order valence-corrected chi connectivity index (χ1v) is 8.17. The molecule has 0 saturated carbocycles. The zero-order chi connectivity index (χ0) is 15.1. The lowest BCUT2D eigenvalue weighted by atomic mass is 9.84. The third kappa shape index (κ3) is 5.68. The number of guanidine groups is 1. The van der Waals surface area contributed by atoms with E-state index >= 15 is 0 Å². The Kier molecular flexibility index (Phi) is 8.66. The van der Waals surface area contributed by atoms with Crippen molar-refractivity contribution in [3.05, 3.63) is 21.9 Å². The third-order valence-corrected chi connectivity index (χ3v) is 4.91. The van der Waals surface area contributed by atoms with Crippen LogP contribution in [0.1, 0.15) is 22.6 Å². The molecule has 0 aromatic carbocycles. The summed E-state index contributed by atoms with van der Waals surface area (Å²) in [6.07, 6.45) is 1.75. The van der Waals surface area contributed by atoms with Gasteiger partial charge in [-0.2, -0.15) is 0 Å². The largest absolute Gasteiger partial charge is 0.396 e. The fraction of sp³-hybridized carbons (Fsp3) is 0.667. The first-order chi connectivity index (χ1) is 10.2. The molecule has 1 aromatic rings. The van der Waals surface area contributed by atoms with Gasteiger partial charge in [0.1, 0.15) is 0 Å². The molecule has 3 N–H and O–H groups in total. The Morgan fingerprint density at radius 1 is 1.45 bits per heavy atom. The van der Waals surface area contributed by atoms with Crippen LogP contribution in [-0.2, 0) is 11.3 Å². The fourth-order valence-corrected chi connectivity index (χ4v) is 3.38. The molecule has 126 valence electrons. The Hall–Kier alpha value is -0.380. The fourth-order valence-electron chi connectivity index (χ4n) is 2.55. The topological polar surface area (TPSA) is 65.9 Å². The van der Waals surface area contributed by atoms with Crippen LogP contribution in [0.4, 0.5) is 0 Å². The van der Waals surface area contributed by atoms with Gasteiger partial charge in [0, 0.05) is 42.0 Å². The molecule has 0 bridgehead atoms. The van der Waals surface area contributed by atoms with E-state index in [1.807, 2.05) is 0 Å². The van der Waals surface area contributed by atoms with Crippen LogP contribution in [0, 0.1) is 12.3 Å². The second kappa shape index (κ2) is 9.69. The second-order valence-electron chi connectivity index (χ2n) is 5.57. The summed E-state index contributed by atoms with van der Waals surface area (Å²) in [5, 5.41) is 15.9. The summed E-state index contributed by atoms with van der Waals surface area (Å²) in [4.78, 5) is 6.87. The normalized spacial score (nSPS) is 21.5. The summed E-state index contributed by atoms with van der Waals surface area (Å²) in [7, 11) is 1.78. The molecule has 1 aliphatic heterocycles. The summed E-state index contributed by atoms with van der Waals surface area (Å²) < 4.78 is 5.50. The monoisotopic (exact) mass is 439 g/mol. The Balaban J connectivity index is 0.00000242. The van der Waals surface area contributed by atoms with Crippen molar-refractivity contribution in [2.45, 2.75) is 26.3 Å². The van der Waals surface area contributed by atoms with Crippen LogP contribution in [0.25, 0.3) is 0 Å². The van der Waals surface area contributed by atoms with Crippen LogP contribution in [0.5, 0.6) is 0 Å². The molecule has 5 nitrogen and oxygen atoms in total. The average molecular weight is 439 g/mol. The Morgan fingerprint density at radius 3 is 2.82 bits per heavy atom. The molecule has 1 unspecified atom stereocenters. The highest BCUT2D eigenvalue weighted by Crippen LogP contribution is 2.31. The predicted octanol–water partition coefficient (Wildman–Crippen LogP) is 2.13. The van der Waals surface area contributed by atoms with Crippen molar-refractivity contribution < 1.29 is 9.84 Å². The molecule has 1 fully saturated rings. The molecule has 0 spiro atoms. The Morgan fingerprint density at radius 2 is 2.27 bits per heavy atom. The maximum absolute atomic E-state index is 9.24. The number of halogens is 1. The maximum Gasteiger partial charge on any atom is 0.191 e. The van der Waals surface area contributed by atoms with E-state index in [1.54, 1.807) is 18.4 Å². The number of aliphatic imine (C=N–C) groups is 1. The molecular weight excluding hydrogens is 413 g/mol. The number of thiophene rings is 1. The van der Waals surface area contributed by atoms with E-state index in [9.17, 15) is 5.11 Å². The number of hydrogen-bond acceptors (Lipinski definition) is 4. The lowest BCUT2D eigenvalue weighted by Crippen LogP contribution is -2.44. The number of hydrogen-bond donors (Lipinski definition) is 3. The number of aliphatic hydroxyl groups is 1. The van der Waals surface area contributed by atoms with E-state index in [4.69, 9.17) is 4.74 Å². The average Bonchev–Trinajstić information content (AvgIpc) is 3.09. The molecular formula is C15H26IN3O2S. The lowest BCUT2D eigenvalue weighted by Gasteiger charge is -2.27. The van der Waals surface area contributed by atoms with E-state index < -0.39 is 0 Å². The standard InChI is InChI=1S/C15H25N3O2S.HI/c1-12-3-4-13(21-12)9-17-14(16-2)18-10-15(5-7-19)6-8-20-11-15;/h3-4,19H,5-11H2,1-2H3,(H2,16,17,18);1H. The predicted molar refractivity (Wildman–Crippen MR) is 102 cm³/mol. The van der Waals surface area contributed by atoms with Gasteiger partial charge in [-0.3, -0.25) is 4.99 Å². The van der Waals surface area contributed by atoms with Crippen molar-refractivity contribution in [2.24, 2.45) is 10.4 Å². The van der Waals surface area contributed by atoms with Gasteiger partial charge in [0.2, 0.25) is 0 Å². The van der Waals surface area contributed by atoms with Crippen molar-refractivity contribution in [1.82, 2.24) is 10.6 Å². The lowest BCUT2D eigenvalue weighted by molar-refractivity contribution is 0.127. The van der Waals surface area contributed by atoms with Crippen LogP contribution < -0.4 is 10.6 Å². The number of rotatable bonds is 6. The van der Waals surface area contributed by atoms with Gasteiger partial charge < -0.3 is 20.5 Å². The third-order valence-electron chi connectivity index (χ3n) is 3.91. The van der Waals surface area contributed by atoms with Gasteiger partial charge in [-0.05, 0) is 31.9 Å². The zero-order valence-electron chi connectivity index (χ0n) is 13.2. The van der Waals surface area contributed by atoms with Gasteiger partial charge in [-0.15, -0.1) is 35.3 Å². The molecule has 7 heteroatoms. The van der Waals surface area contributed by atoms with Crippen LogP contribution in [0.2, 0.25) is 0 Å². The molecule has 1 atom stereocenters. The summed E-state index contributed by atoms with van der Waals surface area (Å²) in [6.45, 7) is 5.35. The second-order valence-corrected chi connectivity index (χ2v) is 6.94. The quantitative estimate of drug-likeness (QED) is 0.361. The van der Waals surface area contributed by atoms with Gasteiger partial charge in [0.15, 0.2) is 5.96 Å². The van der Waals surface area contributed by atoms with Crippen LogP contribution in [0.15, 0.2) is 17.1 Å². The number of nitrogens with zero attached hydrogens (tertiary/aromatic N) is 1. The molecule has 0 amide bonds. The van der Waals surface area contributed by atoms with Crippen molar-refractivity contribution in [1.29, 1.82) is 0 Å². The van der Waals surface area contributed by atoms with Gasteiger partial charge in [0.05, 0.1) is 13.2 Å². The van der Waals surface area contributed by atoms with Gasteiger partial charge in [0.25, 0.3) is 0 Å². The van der Waals surface area contributed by atoms with E-state index in [0.29, 0.717) is 6.61 Å². The van der Waals surface area contributed by atoms with E-state index in [-0.39, 0.29) is 36.0 Å². The molecule has 1 saturated heterocycles. The minimum absolute atomic E-state index is 0. The van der Waals surface area contributed by atoms with Crippen LogP contribution in [0.3, 0.4) is 0 Å². The number of aliphatic hydroxyl groups excluding tert-OH is 1. The van der Waals surface area contributed by atoms with Crippen molar-refractivity contribution in [3.8, 4) is 0 Å². The molecule has 1 aromatic heterocycles. The zero-order valence-corrected chi connectivity index (χ0v) is 16.4. The molecule has 22 heavy (non-hydrogen) atoms. The molecule has 0 radical (unpaired) electrons. The van der Waals surface area contributed by atoms with Crippen LogP contribution in [-0.4, -0.2) is 44.5 Å². The molecule has 1 aliphatic rings. The summed E-state index contributed by atoms with van der Waals surface area (Å²) in [5.74, 6) is 0.797.